The van der Waals surface area contributed by atoms with Crippen LogP contribution in [0.1, 0.15) is 27.6 Å². The Labute approximate surface area is 163 Å². The highest BCUT2D eigenvalue weighted by Gasteiger charge is 2.09. The van der Waals surface area contributed by atoms with Crippen LogP contribution in [-0.4, -0.2) is 16.8 Å². The maximum absolute atomic E-state index is 12.4. The lowest BCUT2D eigenvalue weighted by Crippen LogP contribution is -2.34. The van der Waals surface area contributed by atoms with Crippen molar-refractivity contribution in [2.45, 2.75) is 6.92 Å². The number of carbonyl (C=O) groups is 2. The maximum atomic E-state index is 12.4. The predicted molar refractivity (Wildman–Crippen MR) is 112 cm³/mol. The van der Waals surface area contributed by atoms with Gasteiger partial charge in [-0.1, -0.05) is 42.5 Å². The Kier molecular flexibility index (Phi) is 5.74. The Morgan fingerprint density at radius 3 is 1.89 bits per heavy atom. The van der Waals surface area contributed by atoms with Gasteiger partial charge in [0.2, 0.25) is 0 Å². The third kappa shape index (κ3) is 4.86. The Morgan fingerprint density at radius 2 is 1.30 bits per heavy atom. The lowest BCUT2D eigenvalue weighted by molar-refractivity contribution is 0.0976. The van der Waals surface area contributed by atoms with Gasteiger partial charge in [-0.2, -0.15) is 0 Å². The Bertz CT molecular complexity index is 965. The SMILES string of the molecule is CC(=O)c1ccc(NC(=S)NC(=O)c2ccc(-c3ccccc3)cc2)cc1. The van der Waals surface area contributed by atoms with Gasteiger partial charge in [-0.25, -0.2) is 0 Å². The van der Waals surface area contributed by atoms with E-state index >= 15 is 0 Å². The van der Waals surface area contributed by atoms with Crippen molar-refractivity contribution in [3.63, 3.8) is 0 Å². The van der Waals surface area contributed by atoms with Crippen LogP contribution in [0.25, 0.3) is 11.1 Å². The third-order valence-corrected chi connectivity index (χ3v) is 4.23. The monoisotopic (exact) mass is 374 g/mol. The van der Waals surface area contributed by atoms with Gasteiger partial charge >= 0.3 is 0 Å². The zero-order valence-electron chi connectivity index (χ0n) is 14.7. The Balaban J connectivity index is 1.61. The summed E-state index contributed by atoms with van der Waals surface area (Å²) >= 11 is 5.19. The van der Waals surface area contributed by atoms with Gasteiger partial charge in [0.1, 0.15) is 0 Å². The van der Waals surface area contributed by atoms with Crippen molar-refractivity contribution >= 4 is 34.7 Å². The summed E-state index contributed by atoms with van der Waals surface area (Å²) in [7, 11) is 0. The second kappa shape index (κ2) is 8.38. The Morgan fingerprint density at radius 1 is 0.741 bits per heavy atom. The highest BCUT2D eigenvalue weighted by Crippen LogP contribution is 2.19. The normalized spacial score (nSPS) is 10.1. The van der Waals surface area contributed by atoms with Crippen molar-refractivity contribution in [2.75, 3.05) is 5.32 Å². The van der Waals surface area contributed by atoms with E-state index in [1.807, 2.05) is 42.5 Å². The maximum Gasteiger partial charge on any atom is 0.257 e. The molecular weight excluding hydrogens is 356 g/mol. The average Bonchev–Trinajstić information content (AvgIpc) is 2.69. The molecule has 1 amide bonds. The molecule has 27 heavy (non-hydrogen) atoms. The van der Waals surface area contributed by atoms with Crippen LogP contribution in [0.4, 0.5) is 5.69 Å². The van der Waals surface area contributed by atoms with Crippen molar-refractivity contribution in [1.29, 1.82) is 0 Å². The van der Waals surface area contributed by atoms with Crippen LogP contribution in [0.15, 0.2) is 78.9 Å². The topological polar surface area (TPSA) is 58.2 Å². The average molecular weight is 374 g/mol. The summed E-state index contributed by atoms with van der Waals surface area (Å²) < 4.78 is 0. The lowest BCUT2D eigenvalue weighted by atomic mass is 10.0. The molecule has 0 aromatic heterocycles. The number of hydrogen-bond donors (Lipinski definition) is 2. The van der Waals surface area contributed by atoms with E-state index in [1.54, 1.807) is 36.4 Å². The van der Waals surface area contributed by atoms with Crippen molar-refractivity contribution in [1.82, 2.24) is 5.32 Å². The molecule has 0 bridgehead atoms. The zero-order valence-corrected chi connectivity index (χ0v) is 15.5. The molecule has 0 aliphatic carbocycles. The number of anilines is 1. The molecule has 0 aliphatic heterocycles. The summed E-state index contributed by atoms with van der Waals surface area (Å²) in [5, 5.41) is 5.79. The van der Waals surface area contributed by atoms with Crippen molar-refractivity contribution < 1.29 is 9.59 Å². The molecule has 0 heterocycles. The molecule has 4 nitrogen and oxygen atoms in total. The molecule has 5 heteroatoms. The van der Waals surface area contributed by atoms with E-state index in [1.165, 1.54) is 6.92 Å². The molecular formula is C22H18N2O2S. The molecule has 0 saturated carbocycles. The molecule has 0 aliphatic rings. The number of ketones is 1. The van der Waals surface area contributed by atoms with Crippen LogP contribution >= 0.6 is 12.2 Å². The van der Waals surface area contributed by atoms with Crippen molar-refractivity contribution in [3.8, 4) is 11.1 Å². The summed E-state index contributed by atoms with van der Waals surface area (Å²) in [5.74, 6) is -0.288. The molecule has 3 aromatic carbocycles. The van der Waals surface area contributed by atoms with E-state index < -0.39 is 0 Å². The van der Waals surface area contributed by atoms with Gasteiger partial charge in [-0.15, -0.1) is 0 Å². The highest BCUT2D eigenvalue weighted by molar-refractivity contribution is 7.80. The van der Waals surface area contributed by atoms with Gasteiger partial charge in [0.15, 0.2) is 10.9 Å². The largest absolute Gasteiger partial charge is 0.332 e. The number of carbonyl (C=O) groups excluding carboxylic acids is 2. The molecule has 0 atom stereocenters. The van der Waals surface area contributed by atoms with Crippen LogP contribution < -0.4 is 10.6 Å². The standard InChI is InChI=1S/C22H18N2O2S/c1-15(25)16-11-13-20(14-12-16)23-22(27)24-21(26)19-9-7-18(8-10-19)17-5-3-2-4-6-17/h2-14H,1H3,(H2,23,24,26,27). The van der Waals surface area contributed by atoms with Crippen LogP contribution in [0.5, 0.6) is 0 Å². The van der Waals surface area contributed by atoms with E-state index in [-0.39, 0.29) is 16.8 Å². The number of rotatable bonds is 4. The second-order valence-electron chi connectivity index (χ2n) is 5.99. The molecule has 134 valence electrons. The minimum atomic E-state index is -0.285. The number of hydrogen-bond acceptors (Lipinski definition) is 3. The third-order valence-electron chi connectivity index (χ3n) is 4.03. The molecule has 3 aromatic rings. The molecule has 0 unspecified atom stereocenters. The first kappa shape index (κ1) is 18.5. The smallest absolute Gasteiger partial charge is 0.257 e. The first-order valence-corrected chi connectivity index (χ1v) is 8.82. The first-order valence-electron chi connectivity index (χ1n) is 8.42. The van der Waals surface area contributed by atoms with Crippen LogP contribution in [0, 0.1) is 0 Å². The predicted octanol–water partition coefficient (Wildman–Crippen LogP) is 4.68. The van der Waals surface area contributed by atoms with Gasteiger partial charge < -0.3 is 5.32 Å². The number of thiocarbonyl (C=S) groups is 1. The highest BCUT2D eigenvalue weighted by atomic mass is 32.1. The quantitative estimate of drug-likeness (QED) is 0.514. The van der Waals surface area contributed by atoms with Gasteiger partial charge in [0.25, 0.3) is 5.91 Å². The molecule has 0 fully saturated rings. The van der Waals surface area contributed by atoms with Crippen molar-refractivity contribution in [3.05, 3.63) is 90.0 Å². The number of Topliss-reactive ketones (excluding diaryl/α,β-unsaturated/α-hetero) is 1. The van der Waals surface area contributed by atoms with Crippen LogP contribution in [0.3, 0.4) is 0 Å². The molecule has 0 radical (unpaired) electrons. The summed E-state index contributed by atoms with van der Waals surface area (Å²) in [4.78, 5) is 23.6. The van der Waals surface area contributed by atoms with E-state index in [2.05, 4.69) is 10.6 Å². The number of amides is 1. The minimum Gasteiger partial charge on any atom is -0.332 e. The fraction of sp³-hybridized carbons (Fsp3) is 0.0455. The van der Waals surface area contributed by atoms with Crippen LogP contribution in [-0.2, 0) is 0 Å². The zero-order chi connectivity index (χ0) is 19.2. The summed E-state index contributed by atoms with van der Waals surface area (Å²) in [6.45, 7) is 1.51. The molecule has 0 spiro atoms. The number of benzene rings is 3. The fourth-order valence-electron chi connectivity index (χ4n) is 2.57. The van der Waals surface area contributed by atoms with E-state index in [9.17, 15) is 9.59 Å². The Hall–Kier alpha value is -3.31. The van der Waals surface area contributed by atoms with E-state index in [4.69, 9.17) is 12.2 Å². The summed E-state index contributed by atoms with van der Waals surface area (Å²) in [6.07, 6.45) is 0. The fourth-order valence-corrected chi connectivity index (χ4v) is 2.78. The molecule has 2 N–H and O–H groups in total. The minimum absolute atomic E-state index is 0.00335. The van der Waals surface area contributed by atoms with Gasteiger partial charge in [-0.3, -0.25) is 14.9 Å². The second-order valence-corrected chi connectivity index (χ2v) is 6.39. The van der Waals surface area contributed by atoms with Gasteiger partial charge in [0, 0.05) is 16.8 Å². The first-order chi connectivity index (χ1) is 13.0. The summed E-state index contributed by atoms with van der Waals surface area (Å²) in [6, 6.07) is 24.2. The van der Waals surface area contributed by atoms with Crippen molar-refractivity contribution in [2.24, 2.45) is 0 Å². The van der Waals surface area contributed by atoms with Gasteiger partial charge in [0.05, 0.1) is 0 Å². The molecule has 0 saturated heterocycles. The van der Waals surface area contributed by atoms with E-state index in [0.717, 1.165) is 11.1 Å². The summed E-state index contributed by atoms with van der Waals surface area (Å²) in [5.41, 5.74) is 3.97. The van der Waals surface area contributed by atoms with Gasteiger partial charge in [-0.05, 0) is 66.7 Å². The number of nitrogens with one attached hydrogen (secondary N) is 2. The van der Waals surface area contributed by atoms with Crippen LogP contribution in [0.2, 0.25) is 0 Å². The van der Waals surface area contributed by atoms with E-state index in [0.29, 0.717) is 16.8 Å². The molecule has 3 rings (SSSR count). The lowest BCUT2D eigenvalue weighted by Gasteiger charge is -2.10.